The Morgan fingerprint density at radius 1 is 0.424 bits per heavy atom. The third-order valence-corrected chi connectivity index (χ3v) is 7.20. The summed E-state index contributed by atoms with van der Waals surface area (Å²) in [6.07, 6.45) is 26.9. The zero-order valence-corrected chi connectivity index (χ0v) is 21.8. The van der Waals surface area contributed by atoms with E-state index < -0.39 is 0 Å². The van der Waals surface area contributed by atoms with Gasteiger partial charge in [0.15, 0.2) is 0 Å². The Bertz CT molecular complexity index is 603. The molecule has 0 amide bonds. The minimum Gasteiger partial charge on any atom is -0.0654 e. The minimum atomic E-state index is 0.765. The highest BCUT2D eigenvalue weighted by Crippen LogP contribution is 2.22. The second kappa shape index (κ2) is 19.9. The standard InChI is InChI=1S/C33H52/c1-2-3-4-5-6-7-8-9-10-11-12-13-14-15-16-19-28-33(29-31-24-20-17-21-25-31)30-32-26-22-18-23-27-32/h17-18,20-27,33H,2-16,19,28-30H2,1H3. The van der Waals surface area contributed by atoms with E-state index in [0.717, 1.165) is 5.92 Å². The van der Waals surface area contributed by atoms with Crippen molar-refractivity contribution in [3.05, 3.63) is 71.8 Å². The number of benzene rings is 2. The first-order valence-electron chi connectivity index (χ1n) is 14.5. The summed E-state index contributed by atoms with van der Waals surface area (Å²) in [6, 6.07) is 22.2. The fourth-order valence-corrected chi connectivity index (χ4v) is 5.15. The van der Waals surface area contributed by atoms with Crippen molar-refractivity contribution in [3.8, 4) is 0 Å². The van der Waals surface area contributed by atoms with Gasteiger partial charge in [0.25, 0.3) is 0 Å². The average molecular weight is 449 g/mol. The van der Waals surface area contributed by atoms with E-state index in [1.807, 2.05) is 0 Å². The van der Waals surface area contributed by atoms with Gasteiger partial charge in [-0.3, -0.25) is 0 Å². The lowest BCUT2D eigenvalue weighted by Crippen LogP contribution is -2.08. The lowest BCUT2D eigenvalue weighted by molar-refractivity contribution is 0.444. The van der Waals surface area contributed by atoms with Crippen LogP contribution in [0.5, 0.6) is 0 Å². The molecule has 0 aliphatic rings. The molecule has 0 bridgehead atoms. The molecule has 0 radical (unpaired) electrons. The first-order chi connectivity index (χ1) is 16.4. The maximum atomic E-state index is 2.30. The highest BCUT2D eigenvalue weighted by atomic mass is 14.2. The molecule has 2 aromatic carbocycles. The first-order valence-corrected chi connectivity index (χ1v) is 14.5. The molecule has 0 aromatic heterocycles. The van der Waals surface area contributed by atoms with Gasteiger partial charge in [-0.1, -0.05) is 170 Å². The lowest BCUT2D eigenvalue weighted by Gasteiger charge is -2.17. The van der Waals surface area contributed by atoms with E-state index in [-0.39, 0.29) is 0 Å². The van der Waals surface area contributed by atoms with Crippen LogP contribution in [0.2, 0.25) is 0 Å². The van der Waals surface area contributed by atoms with Crippen molar-refractivity contribution in [2.75, 3.05) is 0 Å². The van der Waals surface area contributed by atoms with Crippen LogP contribution in [0.25, 0.3) is 0 Å². The van der Waals surface area contributed by atoms with Crippen LogP contribution in [-0.2, 0) is 12.8 Å². The zero-order chi connectivity index (χ0) is 23.2. The molecular weight excluding hydrogens is 396 g/mol. The van der Waals surface area contributed by atoms with Gasteiger partial charge in [0.05, 0.1) is 0 Å². The summed E-state index contributed by atoms with van der Waals surface area (Å²) >= 11 is 0. The molecule has 0 saturated carbocycles. The molecule has 2 rings (SSSR count). The Morgan fingerprint density at radius 2 is 0.758 bits per heavy atom. The van der Waals surface area contributed by atoms with Crippen molar-refractivity contribution >= 4 is 0 Å². The molecule has 2 aromatic rings. The molecular formula is C33H52. The topological polar surface area (TPSA) is 0 Å². The van der Waals surface area contributed by atoms with E-state index >= 15 is 0 Å². The Morgan fingerprint density at radius 3 is 1.12 bits per heavy atom. The second-order valence-corrected chi connectivity index (χ2v) is 10.3. The fourth-order valence-electron chi connectivity index (χ4n) is 5.15. The molecule has 0 aliphatic heterocycles. The quantitative estimate of drug-likeness (QED) is 0.167. The Kier molecular flexibility index (Phi) is 16.7. The summed E-state index contributed by atoms with van der Waals surface area (Å²) in [5.41, 5.74) is 2.99. The van der Waals surface area contributed by atoms with Gasteiger partial charge in [0, 0.05) is 0 Å². The monoisotopic (exact) mass is 448 g/mol. The van der Waals surface area contributed by atoms with Gasteiger partial charge in [-0.15, -0.1) is 0 Å². The maximum Gasteiger partial charge on any atom is -0.0247 e. The van der Waals surface area contributed by atoms with Gasteiger partial charge in [-0.2, -0.15) is 0 Å². The van der Waals surface area contributed by atoms with Gasteiger partial charge >= 0.3 is 0 Å². The van der Waals surface area contributed by atoms with Gasteiger partial charge in [-0.25, -0.2) is 0 Å². The molecule has 0 unspecified atom stereocenters. The van der Waals surface area contributed by atoms with E-state index in [0.29, 0.717) is 0 Å². The molecule has 0 N–H and O–H groups in total. The third-order valence-electron chi connectivity index (χ3n) is 7.20. The number of hydrogen-bond donors (Lipinski definition) is 0. The summed E-state index contributed by atoms with van der Waals surface area (Å²) in [5.74, 6) is 0.765. The van der Waals surface area contributed by atoms with E-state index in [9.17, 15) is 0 Å². The first kappa shape index (κ1) is 27.7. The van der Waals surface area contributed by atoms with Crippen LogP contribution in [-0.4, -0.2) is 0 Å². The van der Waals surface area contributed by atoms with Crippen LogP contribution in [0.4, 0.5) is 0 Å². The third kappa shape index (κ3) is 15.1. The molecule has 0 heteroatoms. The van der Waals surface area contributed by atoms with E-state index in [4.69, 9.17) is 0 Å². The van der Waals surface area contributed by atoms with Crippen LogP contribution < -0.4 is 0 Å². The van der Waals surface area contributed by atoms with Crippen molar-refractivity contribution in [1.29, 1.82) is 0 Å². The van der Waals surface area contributed by atoms with E-state index in [1.54, 1.807) is 0 Å². The smallest absolute Gasteiger partial charge is 0.0247 e. The van der Waals surface area contributed by atoms with Crippen molar-refractivity contribution in [3.63, 3.8) is 0 Å². The SMILES string of the molecule is CCCCCCCCCCCCCCCCCCC(Cc1ccccc1)Cc1ccccc1. The second-order valence-electron chi connectivity index (χ2n) is 10.3. The Hall–Kier alpha value is -1.56. The minimum absolute atomic E-state index is 0.765. The summed E-state index contributed by atoms with van der Waals surface area (Å²) in [6.45, 7) is 2.30. The molecule has 33 heavy (non-hydrogen) atoms. The van der Waals surface area contributed by atoms with Gasteiger partial charge in [0.1, 0.15) is 0 Å². The maximum absolute atomic E-state index is 2.30. The summed E-state index contributed by atoms with van der Waals surface area (Å²) in [7, 11) is 0. The number of unbranched alkanes of at least 4 members (excludes halogenated alkanes) is 15. The van der Waals surface area contributed by atoms with Crippen molar-refractivity contribution < 1.29 is 0 Å². The molecule has 0 atom stereocenters. The van der Waals surface area contributed by atoms with Crippen LogP contribution in [0.3, 0.4) is 0 Å². The van der Waals surface area contributed by atoms with Gasteiger partial charge < -0.3 is 0 Å². The van der Waals surface area contributed by atoms with Gasteiger partial charge in [-0.05, 0) is 36.3 Å². The van der Waals surface area contributed by atoms with Crippen molar-refractivity contribution in [1.82, 2.24) is 0 Å². The molecule has 0 aliphatic carbocycles. The normalized spacial score (nSPS) is 11.3. The molecule has 0 nitrogen and oxygen atoms in total. The predicted molar refractivity (Wildman–Crippen MR) is 148 cm³/mol. The summed E-state index contributed by atoms with van der Waals surface area (Å²) in [5, 5.41) is 0. The molecule has 0 spiro atoms. The largest absolute Gasteiger partial charge is 0.0654 e. The van der Waals surface area contributed by atoms with Crippen molar-refractivity contribution in [2.24, 2.45) is 5.92 Å². The summed E-state index contributed by atoms with van der Waals surface area (Å²) < 4.78 is 0. The van der Waals surface area contributed by atoms with Crippen LogP contribution in [0.1, 0.15) is 127 Å². The number of hydrogen-bond acceptors (Lipinski definition) is 0. The summed E-state index contributed by atoms with van der Waals surface area (Å²) in [4.78, 5) is 0. The Labute approximate surface area is 206 Å². The molecule has 184 valence electrons. The fraction of sp³-hybridized carbons (Fsp3) is 0.636. The van der Waals surface area contributed by atoms with Crippen LogP contribution in [0, 0.1) is 5.92 Å². The van der Waals surface area contributed by atoms with E-state index in [1.165, 1.54) is 133 Å². The Balaban J connectivity index is 1.47. The van der Waals surface area contributed by atoms with Crippen LogP contribution in [0.15, 0.2) is 60.7 Å². The van der Waals surface area contributed by atoms with Crippen molar-refractivity contribution in [2.45, 2.75) is 129 Å². The van der Waals surface area contributed by atoms with E-state index in [2.05, 4.69) is 67.6 Å². The van der Waals surface area contributed by atoms with Crippen LogP contribution >= 0.6 is 0 Å². The zero-order valence-electron chi connectivity index (χ0n) is 21.8. The predicted octanol–water partition coefficient (Wildman–Crippen LogP) is 10.7. The lowest BCUT2D eigenvalue weighted by atomic mass is 9.88. The molecule has 0 saturated heterocycles. The van der Waals surface area contributed by atoms with Gasteiger partial charge in [0.2, 0.25) is 0 Å². The highest BCUT2D eigenvalue weighted by Gasteiger charge is 2.11. The molecule has 0 fully saturated rings. The highest BCUT2D eigenvalue weighted by molar-refractivity contribution is 5.18. The molecule has 0 heterocycles. The average Bonchev–Trinajstić information content (AvgIpc) is 2.85. The number of rotatable bonds is 21.